The summed E-state index contributed by atoms with van der Waals surface area (Å²) >= 11 is 0. The fraction of sp³-hybridized carbons (Fsp3) is 0.538. The van der Waals surface area contributed by atoms with Gasteiger partial charge >= 0.3 is 0 Å². The smallest absolute Gasteiger partial charge is 0.125 e. The van der Waals surface area contributed by atoms with Crippen molar-refractivity contribution in [2.75, 3.05) is 6.61 Å². The third-order valence-electron chi connectivity index (χ3n) is 3.13. The van der Waals surface area contributed by atoms with E-state index in [-0.39, 0.29) is 6.04 Å². The SMILES string of the molecule is CC(C)c1ccc2c(c1)[C@@H](O)[C@@H](N)CCO2. The Kier molecular flexibility index (Phi) is 3.17. The van der Waals surface area contributed by atoms with Crippen molar-refractivity contribution in [3.8, 4) is 5.75 Å². The number of fused-ring (bicyclic) bond motifs is 1. The van der Waals surface area contributed by atoms with Gasteiger partial charge in [0.25, 0.3) is 0 Å². The number of nitrogens with two attached hydrogens (primary N) is 1. The highest BCUT2D eigenvalue weighted by Gasteiger charge is 2.24. The van der Waals surface area contributed by atoms with Crippen molar-refractivity contribution in [2.45, 2.75) is 38.3 Å². The van der Waals surface area contributed by atoms with E-state index in [2.05, 4.69) is 13.8 Å². The molecule has 0 saturated carbocycles. The molecule has 0 spiro atoms. The van der Waals surface area contributed by atoms with Gasteiger partial charge in [0.2, 0.25) is 0 Å². The van der Waals surface area contributed by atoms with E-state index in [1.54, 1.807) is 0 Å². The van der Waals surface area contributed by atoms with E-state index in [0.29, 0.717) is 18.9 Å². The number of hydrogen-bond donors (Lipinski definition) is 2. The lowest BCUT2D eigenvalue weighted by atomic mass is 9.95. The summed E-state index contributed by atoms with van der Waals surface area (Å²) in [5.74, 6) is 1.21. The van der Waals surface area contributed by atoms with Crippen LogP contribution in [0, 0.1) is 0 Å². The first kappa shape index (κ1) is 11.4. The molecule has 0 radical (unpaired) electrons. The summed E-state index contributed by atoms with van der Waals surface area (Å²) in [6, 6.07) is 5.76. The monoisotopic (exact) mass is 221 g/mol. The van der Waals surface area contributed by atoms with E-state index < -0.39 is 6.10 Å². The zero-order valence-electron chi connectivity index (χ0n) is 9.81. The molecule has 1 aliphatic rings. The van der Waals surface area contributed by atoms with Crippen LogP contribution in [0.25, 0.3) is 0 Å². The molecule has 1 aromatic carbocycles. The van der Waals surface area contributed by atoms with Crippen molar-refractivity contribution in [1.82, 2.24) is 0 Å². The number of aliphatic hydroxyl groups excluding tert-OH is 1. The summed E-state index contributed by atoms with van der Waals surface area (Å²) in [4.78, 5) is 0. The van der Waals surface area contributed by atoms with E-state index in [9.17, 15) is 5.11 Å². The molecule has 3 heteroatoms. The molecule has 0 aromatic heterocycles. The molecule has 0 aliphatic carbocycles. The van der Waals surface area contributed by atoms with E-state index in [0.717, 1.165) is 11.3 Å². The largest absolute Gasteiger partial charge is 0.493 e. The Bertz CT molecular complexity index is 376. The minimum atomic E-state index is -0.615. The van der Waals surface area contributed by atoms with Crippen LogP contribution in [0.2, 0.25) is 0 Å². The Labute approximate surface area is 96.2 Å². The average Bonchev–Trinajstić information content (AvgIpc) is 2.40. The number of ether oxygens (including phenoxy) is 1. The van der Waals surface area contributed by atoms with E-state index in [1.807, 2.05) is 18.2 Å². The molecule has 0 bridgehead atoms. The second-order valence-corrected chi connectivity index (χ2v) is 4.70. The van der Waals surface area contributed by atoms with Gasteiger partial charge in [0.1, 0.15) is 5.75 Å². The van der Waals surface area contributed by atoms with Gasteiger partial charge in [-0.2, -0.15) is 0 Å². The zero-order valence-corrected chi connectivity index (χ0v) is 9.81. The standard InChI is InChI=1S/C13H19NO2/c1-8(2)9-3-4-12-10(7-9)13(15)11(14)5-6-16-12/h3-4,7-8,11,13,15H,5-6,14H2,1-2H3/t11-,13+/m0/s1. The highest BCUT2D eigenvalue weighted by molar-refractivity contribution is 5.41. The van der Waals surface area contributed by atoms with Crippen molar-refractivity contribution < 1.29 is 9.84 Å². The molecule has 0 fully saturated rings. The summed E-state index contributed by atoms with van der Waals surface area (Å²) in [5, 5.41) is 10.1. The van der Waals surface area contributed by atoms with Crippen LogP contribution in [0.15, 0.2) is 18.2 Å². The van der Waals surface area contributed by atoms with Gasteiger partial charge in [-0.05, 0) is 30.0 Å². The van der Waals surface area contributed by atoms with Crippen LogP contribution in [0.4, 0.5) is 0 Å². The van der Waals surface area contributed by atoms with Crippen LogP contribution < -0.4 is 10.5 Å². The number of hydrogen-bond acceptors (Lipinski definition) is 3. The van der Waals surface area contributed by atoms with Gasteiger partial charge in [0.15, 0.2) is 0 Å². The molecule has 1 aliphatic heterocycles. The first-order valence-corrected chi connectivity index (χ1v) is 5.80. The van der Waals surface area contributed by atoms with Gasteiger partial charge in [-0.3, -0.25) is 0 Å². The van der Waals surface area contributed by atoms with Gasteiger partial charge in [0.05, 0.1) is 12.7 Å². The lowest BCUT2D eigenvalue weighted by molar-refractivity contribution is 0.144. The quantitative estimate of drug-likeness (QED) is 0.762. The molecule has 2 atom stereocenters. The Balaban J connectivity index is 2.42. The maximum Gasteiger partial charge on any atom is 0.125 e. The van der Waals surface area contributed by atoms with Crippen LogP contribution >= 0.6 is 0 Å². The lowest BCUT2D eigenvalue weighted by Gasteiger charge is -2.17. The molecule has 1 aromatic rings. The van der Waals surface area contributed by atoms with Gasteiger partial charge in [-0.25, -0.2) is 0 Å². The molecule has 0 saturated heterocycles. The zero-order chi connectivity index (χ0) is 11.7. The summed E-state index contributed by atoms with van der Waals surface area (Å²) in [6.07, 6.45) is 0.0727. The van der Waals surface area contributed by atoms with Crippen LogP contribution in [0.3, 0.4) is 0 Å². The fourth-order valence-corrected chi connectivity index (χ4v) is 1.98. The van der Waals surface area contributed by atoms with E-state index >= 15 is 0 Å². The normalized spacial score (nSPS) is 24.8. The van der Waals surface area contributed by atoms with E-state index in [4.69, 9.17) is 10.5 Å². The summed E-state index contributed by atoms with van der Waals surface area (Å²) in [6.45, 7) is 4.84. The Morgan fingerprint density at radius 1 is 1.44 bits per heavy atom. The highest BCUT2D eigenvalue weighted by Crippen LogP contribution is 2.33. The van der Waals surface area contributed by atoms with Crippen LogP contribution in [0.1, 0.15) is 43.4 Å². The minimum Gasteiger partial charge on any atom is -0.493 e. The molecular weight excluding hydrogens is 202 g/mol. The molecule has 88 valence electrons. The third-order valence-corrected chi connectivity index (χ3v) is 3.13. The number of benzene rings is 1. The van der Waals surface area contributed by atoms with E-state index in [1.165, 1.54) is 5.56 Å². The van der Waals surface area contributed by atoms with Gasteiger partial charge < -0.3 is 15.6 Å². The van der Waals surface area contributed by atoms with Gasteiger partial charge in [-0.1, -0.05) is 19.9 Å². The molecule has 1 heterocycles. The Morgan fingerprint density at radius 2 is 2.19 bits per heavy atom. The topological polar surface area (TPSA) is 55.5 Å². The van der Waals surface area contributed by atoms with Crippen molar-refractivity contribution in [2.24, 2.45) is 5.73 Å². The maximum atomic E-state index is 10.1. The van der Waals surface area contributed by atoms with Crippen LogP contribution in [0.5, 0.6) is 5.75 Å². The lowest BCUT2D eigenvalue weighted by Crippen LogP contribution is -2.28. The first-order valence-electron chi connectivity index (χ1n) is 5.80. The third kappa shape index (κ3) is 2.06. The molecule has 2 rings (SSSR count). The molecule has 16 heavy (non-hydrogen) atoms. The van der Waals surface area contributed by atoms with Crippen molar-refractivity contribution in [1.29, 1.82) is 0 Å². The van der Waals surface area contributed by atoms with Gasteiger partial charge in [-0.15, -0.1) is 0 Å². The van der Waals surface area contributed by atoms with Crippen molar-refractivity contribution in [3.05, 3.63) is 29.3 Å². The van der Waals surface area contributed by atoms with Gasteiger partial charge in [0, 0.05) is 11.6 Å². The second-order valence-electron chi connectivity index (χ2n) is 4.70. The molecule has 0 amide bonds. The average molecular weight is 221 g/mol. The van der Waals surface area contributed by atoms with Crippen molar-refractivity contribution in [3.63, 3.8) is 0 Å². The fourth-order valence-electron chi connectivity index (χ4n) is 1.98. The highest BCUT2D eigenvalue weighted by atomic mass is 16.5. The maximum absolute atomic E-state index is 10.1. The predicted molar refractivity (Wildman–Crippen MR) is 63.6 cm³/mol. The molecule has 3 nitrogen and oxygen atoms in total. The molecule has 3 N–H and O–H groups in total. The Hall–Kier alpha value is -1.06. The van der Waals surface area contributed by atoms with Crippen LogP contribution in [-0.4, -0.2) is 17.8 Å². The summed E-state index contributed by atoms with van der Waals surface area (Å²) < 4.78 is 5.58. The Morgan fingerprint density at radius 3 is 2.88 bits per heavy atom. The minimum absolute atomic E-state index is 0.233. The summed E-state index contributed by atoms with van der Waals surface area (Å²) in [7, 11) is 0. The van der Waals surface area contributed by atoms with Crippen LogP contribution in [-0.2, 0) is 0 Å². The first-order chi connectivity index (χ1) is 7.59. The van der Waals surface area contributed by atoms with Crippen molar-refractivity contribution >= 4 is 0 Å². The predicted octanol–water partition coefficient (Wildman–Crippen LogP) is 1.95. The summed E-state index contributed by atoms with van der Waals surface area (Å²) in [5.41, 5.74) is 7.92. The molecular formula is C13H19NO2. The number of aliphatic hydroxyl groups is 1. The molecule has 0 unspecified atom stereocenters. The second kappa shape index (κ2) is 4.44. The number of rotatable bonds is 1.